The van der Waals surface area contributed by atoms with Crippen molar-refractivity contribution in [3.63, 3.8) is 0 Å². The molecule has 3 aliphatic heterocycles. The van der Waals surface area contributed by atoms with E-state index in [0.29, 0.717) is 28.5 Å². The van der Waals surface area contributed by atoms with E-state index in [2.05, 4.69) is 25.0 Å². The van der Waals surface area contributed by atoms with Gasteiger partial charge in [-0.05, 0) is 41.5 Å². The monoisotopic (exact) mass is 535 g/mol. The molecule has 6 rings (SSSR count). The van der Waals surface area contributed by atoms with Crippen molar-refractivity contribution >= 4 is 23.0 Å². The Bertz CT molecular complexity index is 1500. The molecule has 0 radical (unpaired) electrons. The lowest BCUT2D eigenvalue weighted by Gasteiger charge is -2.19. The fourth-order valence-corrected chi connectivity index (χ4v) is 4.31. The Morgan fingerprint density at radius 2 is 1.53 bits per heavy atom. The molecule has 7 nitrogen and oxygen atoms in total. The molecule has 0 aromatic heterocycles. The minimum Gasteiger partial charge on any atom is -0.427 e. The lowest BCUT2D eigenvalue weighted by atomic mass is 10.0. The fraction of sp³-hybridized carbons (Fsp3) is 0.160. The van der Waals surface area contributed by atoms with Crippen LogP contribution in [-0.2, 0) is 5.92 Å². The minimum absolute atomic E-state index is 0.0750. The summed E-state index contributed by atoms with van der Waals surface area (Å²) in [5.74, 6) is -5.61. The molecule has 0 unspecified atom stereocenters. The number of carbonyl (C=O) groups is 1. The van der Waals surface area contributed by atoms with Gasteiger partial charge in [0.25, 0.3) is 0 Å². The number of rotatable bonds is 3. The van der Waals surface area contributed by atoms with E-state index < -0.39 is 35.7 Å². The SMILES string of the molecule is O=C(Nc1ccc2c(c1)C(F)(F)C(F)(F)O2)N1CC(c2ccc3c(c2)OC(F)(F)O3)=C(c2ccccc2)N1. The maximum atomic E-state index is 14.1. The van der Waals surface area contributed by atoms with Crippen LogP contribution in [0.4, 0.5) is 36.8 Å². The van der Waals surface area contributed by atoms with Crippen LogP contribution in [0.25, 0.3) is 11.3 Å². The first kappa shape index (κ1) is 23.8. The van der Waals surface area contributed by atoms with Crippen molar-refractivity contribution in [2.75, 3.05) is 11.9 Å². The van der Waals surface area contributed by atoms with Crippen molar-refractivity contribution in [1.82, 2.24) is 10.4 Å². The largest absolute Gasteiger partial charge is 0.586 e. The van der Waals surface area contributed by atoms with Crippen LogP contribution in [0.3, 0.4) is 0 Å². The van der Waals surface area contributed by atoms with Gasteiger partial charge in [0.15, 0.2) is 11.5 Å². The number of nitrogens with zero attached hydrogens (tertiary/aromatic N) is 1. The lowest BCUT2D eigenvalue weighted by molar-refractivity contribution is -0.296. The average molecular weight is 535 g/mol. The molecule has 13 heteroatoms. The van der Waals surface area contributed by atoms with Crippen LogP contribution in [0.15, 0.2) is 66.7 Å². The summed E-state index contributed by atoms with van der Waals surface area (Å²) < 4.78 is 95.3. The van der Waals surface area contributed by atoms with Crippen molar-refractivity contribution in [2.24, 2.45) is 0 Å². The highest BCUT2D eigenvalue weighted by molar-refractivity contribution is 5.98. The van der Waals surface area contributed by atoms with Crippen LogP contribution in [0.2, 0.25) is 0 Å². The van der Waals surface area contributed by atoms with Gasteiger partial charge >= 0.3 is 24.4 Å². The predicted molar refractivity (Wildman–Crippen MR) is 121 cm³/mol. The van der Waals surface area contributed by atoms with E-state index in [4.69, 9.17) is 0 Å². The zero-order valence-corrected chi connectivity index (χ0v) is 18.9. The summed E-state index contributed by atoms with van der Waals surface area (Å²) in [4.78, 5) is 13.0. The maximum absolute atomic E-state index is 14.1. The number of hydrazine groups is 1. The van der Waals surface area contributed by atoms with Crippen molar-refractivity contribution in [3.8, 4) is 17.2 Å². The number of halogens is 6. The van der Waals surface area contributed by atoms with E-state index in [1.165, 1.54) is 18.2 Å². The number of carbonyl (C=O) groups excluding carboxylic acids is 1. The third-order valence-corrected chi connectivity index (χ3v) is 6.09. The van der Waals surface area contributed by atoms with E-state index in [-0.39, 0.29) is 23.7 Å². The molecule has 2 N–H and O–H groups in total. The number of amides is 2. The van der Waals surface area contributed by atoms with Gasteiger partial charge in [-0.2, -0.15) is 17.6 Å². The Balaban J connectivity index is 1.27. The predicted octanol–water partition coefficient (Wildman–Crippen LogP) is 6.01. The Labute approximate surface area is 210 Å². The standard InChI is InChI=1S/C25H15F6N3O4/c26-23(27)17-11-15(7-9-18(17)36-24(23,28)29)32-22(35)34-12-16(21(33-34)13-4-2-1-3-5-13)14-6-8-19-20(10-14)38-25(30,31)37-19/h1-11,33H,12H2,(H,32,35). The molecule has 2 amide bonds. The topological polar surface area (TPSA) is 72.1 Å². The first-order valence-corrected chi connectivity index (χ1v) is 11.1. The molecule has 3 heterocycles. The van der Waals surface area contributed by atoms with Crippen molar-refractivity contribution < 1.29 is 45.3 Å². The number of hydrogen-bond donors (Lipinski definition) is 2. The zero-order chi connectivity index (χ0) is 26.9. The van der Waals surface area contributed by atoms with Crippen LogP contribution in [-0.4, -0.2) is 30.0 Å². The quantitative estimate of drug-likeness (QED) is 0.403. The van der Waals surface area contributed by atoms with Crippen LogP contribution >= 0.6 is 0 Å². The van der Waals surface area contributed by atoms with Gasteiger partial charge in [-0.3, -0.25) is 5.43 Å². The number of nitrogens with one attached hydrogen (secondary N) is 2. The number of hydrogen-bond acceptors (Lipinski definition) is 5. The van der Waals surface area contributed by atoms with Gasteiger partial charge in [-0.1, -0.05) is 36.4 Å². The number of ether oxygens (including phenoxy) is 3. The summed E-state index contributed by atoms with van der Waals surface area (Å²) in [6, 6.07) is 15.0. The van der Waals surface area contributed by atoms with Gasteiger partial charge in [0.2, 0.25) is 0 Å². The smallest absolute Gasteiger partial charge is 0.427 e. The summed E-state index contributed by atoms with van der Waals surface area (Å²) in [6.07, 6.45) is -8.52. The molecule has 0 saturated carbocycles. The Morgan fingerprint density at radius 3 is 2.29 bits per heavy atom. The lowest BCUT2D eigenvalue weighted by Crippen LogP contribution is -2.40. The van der Waals surface area contributed by atoms with E-state index >= 15 is 0 Å². The molecule has 3 aromatic carbocycles. The molecule has 0 saturated heterocycles. The van der Waals surface area contributed by atoms with E-state index in [0.717, 1.165) is 17.1 Å². The molecule has 38 heavy (non-hydrogen) atoms. The van der Waals surface area contributed by atoms with Crippen molar-refractivity contribution in [3.05, 3.63) is 83.4 Å². The maximum Gasteiger partial charge on any atom is 0.586 e. The Kier molecular flexibility index (Phi) is 5.00. The summed E-state index contributed by atoms with van der Waals surface area (Å²) in [6.45, 7) is -0.0750. The molecule has 0 atom stereocenters. The fourth-order valence-electron chi connectivity index (χ4n) is 4.31. The normalized spacial score (nSPS) is 19.6. The summed E-state index contributed by atoms with van der Waals surface area (Å²) in [5.41, 5.74) is 3.81. The molecular formula is C25H15F6N3O4. The van der Waals surface area contributed by atoms with Gasteiger partial charge in [-0.25, -0.2) is 9.80 Å². The van der Waals surface area contributed by atoms with Gasteiger partial charge in [0, 0.05) is 11.3 Å². The van der Waals surface area contributed by atoms with Crippen LogP contribution in [0, 0.1) is 0 Å². The second-order valence-corrected chi connectivity index (χ2v) is 8.58. The third kappa shape index (κ3) is 3.81. The number of urea groups is 1. The second kappa shape index (κ2) is 7.97. The summed E-state index contributed by atoms with van der Waals surface area (Å²) >= 11 is 0. The molecule has 0 fully saturated rings. The summed E-state index contributed by atoms with van der Waals surface area (Å²) in [5, 5.41) is 3.51. The number of alkyl halides is 6. The number of benzene rings is 3. The highest BCUT2D eigenvalue weighted by atomic mass is 19.3. The first-order valence-electron chi connectivity index (χ1n) is 11.1. The Morgan fingerprint density at radius 1 is 0.816 bits per heavy atom. The van der Waals surface area contributed by atoms with Crippen LogP contribution < -0.4 is 25.0 Å². The minimum atomic E-state index is -4.72. The molecule has 0 spiro atoms. The van der Waals surface area contributed by atoms with Gasteiger partial charge < -0.3 is 19.5 Å². The van der Waals surface area contributed by atoms with E-state index in [1.807, 2.05) is 0 Å². The van der Waals surface area contributed by atoms with E-state index in [1.54, 1.807) is 30.3 Å². The van der Waals surface area contributed by atoms with Crippen molar-refractivity contribution in [1.29, 1.82) is 0 Å². The highest BCUT2D eigenvalue weighted by Gasteiger charge is 2.66. The molecular weight excluding hydrogens is 520 g/mol. The average Bonchev–Trinajstić information content (AvgIpc) is 3.49. The van der Waals surface area contributed by atoms with Crippen molar-refractivity contribution in [2.45, 2.75) is 18.3 Å². The summed E-state index contributed by atoms with van der Waals surface area (Å²) in [7, 11) is 0. The molecule has 3 aromatic rings. The second-order valence-electron chi connectivity index (χ2n) is 8.58. The molecule has 0 aliphatic carbocycles. The van der Waals surface area contributed by atoms with Crippen LogP contribution in [0.5, 0.6) is 17.2 Å². The number of anilines is 1. The Hall–Kier alpha value is -4.55. The molecule has 196 valence electrons. The number of fused-ring (bicyclic) bond motifs is 2. The van der Waals surface area contributed by atoms with Gasteiger partial charge in [0.1, 0.15) is 5.75 Å². The molecule has 0 bridgehead atoms. The zero-order valence-electron chi connectivity index (χ0n) is 18.9. The van der Waals surface area contributed by atoms with Crippen LogP contribution in [0.1, 0.15) is 16.7 Å². The third-order valence-electron chi connectivity index (χ3n) is 6.09. The molecule has 3 aliphatic rings. The van der Waals surface area contributed by atoms with Gasteiger partial charge in [-0.15, -0.1) is 8.78 Å². The van der Waals surface area contributed by atoms with Gasteiger partial charge in [0.05, 0.1) is 17.8 Å². The highest BCUT2D eigenvalue weighted by Crippen LogP contribution is 2.54. The van der Waals surface area contributed by atoms with E-state index in [9.17, 15) is 31.1 Å². The first-order chi connectivity index (χ1) is 17.9.